The Balaban J connectivity index is 1.87. The summed E-state index contributed by atoms with van der Waals surface area (Å²) >= 11 is 1.65. The SMILES string of the molecule is CN=C(NCc1cccc(N(C)C)n1)NCc1nc(C)cs1. The topological polar surface area (TPSA) is 65.4 Å². The van der Waals surface area contributed by atoms with Crippen LogP contribution in [0.4, 0.5) is 5.82 Å². The Morgan fingerprint density at radius 1 is 1.23 bits per heavy atom. The Labute approximate surface area is 135 Å². The molecule has 0 unspecified atom stereocenters. The molecule has 0 fully saturated rings. The number of nitrogens with zero attached hydrogens (tertiary/aromatic N) is 4. The van der Waals surface area contributed by atoms with E-state index in [9.17, 15) is 0 Å². The van der Waals surface area contributed by atoms with Gasteiger partial charge in [0, 0.05) is 32.2 Å². The number of pyridine rings is 1. The second-order valence-electron chi connectivity index (χ2n) is 5.04. The zero-order valence-electron chi connectivity index (χ0n) is 13.4. The molecule has 7 heteroatoms. The van der Waals surface area contributed by atoms with Crippen LogP contribution in [0.3, 0.4) is 0 Å². The fourth-order valence-electron chi connectivity index (χ4n) is 1.85. The number of anilines is 1. The largest absolute Gasteiger partial charge is 0.363 e. The van der Waals surface area contributed by atoms with Gasteiger partial charge in [-0.3, -0.25) is 4.99 Å². The molecule has 2 rings (SSSR count). The van der Waals surface area contributed by atoms with Crippen molar-refractivity contribution in [2.24, 2.45) is 4.99 Å². The predicted octanol–water partition coefficient (Wildman–Crippen LogP) is 1.78. The molecule has 0 aliphatic rings. The fourth-order valence-corrected chi connectivity index (χ4v) is 2.56. The summed E-state index contributed by atoms with van der Waals surface area (Å²) in [6, 6.07) is 5.99. The number of aryl methyl sites for hydroxylation is 1. The van der Waals surface area contributed by atoms with E-state index in [0.29, 0.717) is 13.1 Å². The molecular formula is C15H22N6S. The fraction of sp³-hybridized carbons (Fsp3) is 0.400. The molecule has 2 aromatic heterocycles. The van der Waals surface area contributed by atoms with Crippen LogP contribution < -0.4 is 15.5 Å². The maximum atomic E-state index is 4.57. The highest BCUT2D eigenvalue weighted by Gasteiger charge is 2.03. The number of aromatic nitrogens is 2. The van der Waals surface area contributed by atoms with Gasteiger partial charge in [0.15, 0.2) is 5.96 Å². The number of hydrogen-bond donors (Lipinski definition) is 2. The summed E-state index contributed by atoms with van der Waals surface area (Å²) in [7, 11) is 5.72. The van der Waals surface area contributed by atoms with E-state index in [1.54, 1.807) is 18.4 Å². The van der Waals surface area contributed by atoms with Gasteiger partial charge in [0.05, 0.1) is 18.8 Å². The molecule has 0 amide bonds. The molecule has 0 aliphatic carbocycles. The van der Waals surface area contributed by atoms with E-state index in [1.807, 2.05) is 49.5 Å². The Morgan fingerprint density at radius 2 is 2.00 bits per heavy atom. The second kappa shape index (κ2) is 7.74. The standard InChI is InChI=1S/C15H22N6S/c1-11-10-22-14(19-11)9-18-15(16-2)17-8-12-6-5-7-13(20-12)21(3)4/h5-7,10H,8-9H2,1-4H3,(H2,16,17,18). The van der Waals surface area contributed by atoms with Crippen LogP contribution in [0.25, 0.3) is 0 Å². The highest BCUT2D eigenvalue weighted by molar-refractivity contribution is 7.09. The first-order valence-electron chi connectivity index (χ1n) is 7.07. The van der Waals surface area contributed by atoms with Crippen LogP contribution in [0.2, 0.25) is 0 Å². The van der Waals surface area contributed by atoms with Crippen molar-refractivity contribution < 1.29 is 0 Å². The van der Waals surface area contributed by atoms with Crippen molar-refractivity contribution in [3.05, 3.63) is 40.0 Å². The molecule has 0 radical (unpaired) electrons. The summed E-state index contributed by atoms with van der Waals surface area (Å²) in [6.07, 6.45) is 0. The minimum atomic E-state index is 0.623. The molecule has 22 heavy (non-hydrogen) atoms. The van der Waals surface area contributed by atoms with Gasteiger partial charge < -0.3 is 15.5 Å². The van der Waals surface area contributed by atoms with E-state index in [0.717, 1.165) is 28.2 Å². The molecule has 6 nitrogen and oxygen atoms in total. The van der Waals surface area contributed by atoms with Gasteiger partial charge in [-0.2, -0.15) is 0 Å². The van der Waals surface area contributed by atoms with E-state index in [-0.39, 0.29) is 0 Å². The maximum absolute atomic E-state index is 4.57. The normalized spacial score (nSPS) is 11.4. The minimum Gasteiger partial charge on any atom is -0.363 e. The van der Waals surface area contributed by atoms with Crippen LogP contribution in [-0.2, 0) is 13.1 Å². The van der Waals surface area contributed by atoms with Gasteiger partial charge in [0.1, 0.15) is 10.8 Å². The summed E-state index contributed by atoms with van der Waals surface area (Å²) in [5.74, 6) is 1.69. The van der Waals surface area contributed by atoms with Gasteiger partial charge in [-0.1, -0.05) is 6.07 Å². The van der Waals surface area contributed by atoms with E-state index in [2.05, 4.69) is 25.6 Å². The molecule has 118 valence electrons. The molecule has 0 spiro atoms. The average Bonchev–Trinajstić information content (AvgIpc) is 2.93. The number of hydrogen-bond acceptors (Lipinski definition) is 5. The summed E-state index contributed by atoms with van der Waals surface area (Å²) in [6.45, 7) is 3.29. The Hall–Kier alpha value is -2.15. The first kappa shape index (κ1) is 16.2. The maximum Gasteiger partial charge on any atom is 0.191 e. The Bertz CT molecular complexity index is 634. The van der Waals surface area contributed by atoms with Crippen molar-refractivity contribution in [2.75, 3.05) is 26.0 Å². The van der Waals surface area contributed by atoms with Gasteiger partial charge in [-0.25, -0.2) is 9.97 Å². The second-order valence-corrected chi connectivity index (χ2v) is 5.99. The van der Waals surface area contributed by atoms with Gasteiger partial charge in [0.25, 0.3) is 0 Å². The van der Waals surface area contributed by atoms with Crippen LogP contribution in [0, 0.1) is 6.92 Å². The van der Waals surface area contributed by atoms with Crippen molar-refractivity contribution in [1.29, 1.82) is 0 Å². The monoisotopic (exact) mass is 318 g/mol. The first-order chi connectivity index (χ1) is 10.6. The lowest BCUT2D eigenvalue weighted by atomic mass is 10.3. The molecule has 2 aromatic rings. The minimum absolute atomic E-state index is 0.623. The van der Waals surface area contributed by atoms with Gasteiger partial charge >= 0.3 is 0 Å². The van der Waals surface area contributed by atoms with Crippen molar-refractivity contribution in [2.45, 2.75) is 20.0 Å². The van der Waals surface area contributed by atoms with E-state index >= 15 is 0 Å². The molecule has 0 saturated carbocycles. The van der Waals surface area contributed by atoms with Crippen molar-refractivity contribution in [3.63, 3.8) is 0 Å². The van der Waals surface area contributed by atoms with Crippen LogP contribution in [-0.4, -0.2) is 37.1 Å². The number of nitrogens with one attached hydrogen (secondary N) is 2. The number of rotatable bonds is 5. The summed E-state index contributed by atoms with van der Waals surface area (Å²) in [5, 5.41) is 9.61. The number of guanidine groups is 1. The van der Waals surface area contributed by atoms with Crippen LogP contribution in [0.5, 0.6) is 0 Å². The molecule has 0 atom stereocenters. The van der Waals surface area contributed by atoms with E-state index in [1.165, 1.54) is 0 Å². The number of thiazole rings is 1. The Kier molecular flexibility index (Phi) is 5.71. The van der Waals surface area contributed by atoms with Gasteiger partial charge in [-0.05, 0) is 19.1 Å². The first-order valence-corrected chi connectivity index (χ1v) is 7.95. The molecule has 2 heterocycles. The smallest absolute Gasteiger partial charge is 0.191 e. The van der Waals surface area contributed by atoms with Crippen LogP contribution in [0.15, 0.2) is 28.6 Å². The lowest BCUT2D eigenvalue weighted by Gasteiger charge is -2.14. The third-order valence-corrected chi connectivity index (χ3v) is 3.95. The van der Waals surface area contributed by atoms with Gasteiger partial charge in [-0.15, -0.1) is 11.3 Å². The quantitative estimate of drug-likeness (QED) is 0.650. The van der Waals surface area contributed by atoms with Crippen LogP contribution >= 0.6 is 11.3 Å². The van der Waals surface area contributed by atoms with Crippen LogP contribution in [0.1, 0.15) is 16.4 Å². The van der Waals surface area contributed by atoms with Crippen molar-refractivity contribution in [1.82, 2.24) is 20.6 Å². The van der Waals surface area contributed by atoms with E-state index in [4.69, 9.17) is 0 Å². The highest BCUT2D eigenvalue weighted by atomic mass is 32.1. The third kappa shape index (κ3) is 4.70. The molecule has 0 saturated heterocycles. The molecular weight excluding hydrogens is 296 g/mol. The van der Waals surface area contributed by atoms with Crippen molar-refractivity contribution >= 4 is 23.1 Å². The molecule has 0 aromatic carbocycles. The lowest BCUT2D eigenvalue weighted by Crippen LogP contribution is -2.36. The predicted molar refractivity (Wildman–Crippen MR) is 92.5 cm³/mol. The molecule has 0 aliphatic heterocycles. The summed E-state index contributed by atoms with van der Waals surface area (Å²) in [5.41, 5.74) is 2.02. The zero-order chi connectivity index (χ0) is 15.9. The summed E-state index contributed by atoms with van der Waals surface area (Å²) < 4.78 is 0. The highest BCUT2D eigenvalue weighted by Crippen LogP contribution is 2.08. The Morgan fingerprint density at radius 3 is 2.64 bits per heavy atom. The average molecular weight is 318 g/mol. The molecule has 0 bridgehead atoms. The lowest BCUT2D eigenvalue weighted by molar-refractivity contribution is 0.789. The van der Waals surface area contributed by atoms with E-state index < -0.39 is 0 Å². The zero-order valence-corrected chi connectivity index (χ0v) is 14.2. The third-order valence-electron chi connectivity index (χ3n) is 2.98. The summed E-state index contributed by atoms with van der Waals surface area (Å²) in [4.78, 5) is 15.2. The van der Waals surface area contributed by atoms with Gasteiger partial charge in [0.2, 0.25) is 0 Å². The molecule has 2 N–H and O–H groups in total. The number of aliphatic imine (C=N–C) groups is 1. The van der Waals surface area contributed by atoms with Crippen molar-refractivity contribution in [3.8, 4) is 0 Å².